The number of imidazole rings is 1. The van der Waals surface area contributed by atoms with E-state index in [1.165, 1.54) is 22.5 Å². The van der Waals surface area contributed by atoms with E-state index in [9.17, 15) is 37.1 Å². The summed E-state index contributed by atoms with van der Waals surface area (Å²) in [6.07, 6.45) is -3.29. The lowest BCUT2D eigenvalue weighted by atomic mass is 9.98. The van der Waals surface area contributed by atoms with E-state index < -0.39 is 35.6 Å². The minimum absolute atomic E-state index is 0.0348. The second-order valence-corrected chi connectivity index (χ2v) is 12.5. The Hall–Kier alpha value is -5.22. The van der Waals surface area contributed by atoms with Gasteiger partial charge in [0.05, 0.1) is 11.0 Å². The third-order valence-corrected chi connectivity index (χ3v) is 8.78. The molecule has 1 aromatic carbocycles. The summed E-state index contributed by atoms with van der Waals surface area (Å²) in [5, 5.41) is 12.4. The molecule has 17 heteroatoms. The summed E-state index contributed by atoms with van der Waals surface area (Å²) in [6.45, 7) is 5.95. The smallest absolute Gasteiger partial charge is 0.354 e. The van der Waals surface area contributed by atoms with Crippen LogP contribution in [0.1, 0.15) is 78.2 Å². The van der Waals surface area contributed by atoms with Gasteiger partial charge in [0.15, 0.2) is 11.3 Å². The summed E-state index contributed by atoms with van der Waals surface area (Å²) in [5.74, 6) is -2.03. The van der Waals surface area contributed by atoms with Gasteiger partial charge in [0.25, 0.3) is 11.8 Å². The largest absolute Gasteiger partial charge is 0.433 e. The third-order valence-electron chi connectivity index (χ3n) is 8.78. The lowest BCUT2D eigenvalue weighted by molar-refractivity contribution is -0.142. The molecule has 0 radical (unpaired) electrons. The number of nitrogens with zero attached hydrogens (tertiary/aromatic N) is 5. The Morgan fingerprint density at radius 2 is 1.72 bits per heavy atom. The molecule has 0 fully saturated rings. The number of aryl methyl sites for hydroxylation is 2. The van der Waals surface area contributed by atoms with Crippen molar-refractivity contribution < 1.29 is 32.3 Å². The Bertz CT molecular complexity index is 1970. The topological polar surface area (TPSA) is 176 Å². The molecule has 5 rings (SSSR count). The molecule has 14 nitrogen and oxygen atoms in total. The number of carbonyl (C=O) groups excluding carboxylic acids is 4. The maximum absolute atomic E-state index is 13.8. The molecule has 4 aromatic rings. The predicted octanol–water partition coefficient (Wildman–Crippen LogP) is 2.79. The molecule has 1 aliphatic rings. The van der Waals surface area contributed by atoms with Gasteiger partial charge in [0.1, 0.15) is 11.7 Å². The molecule has 50 heavy (non-hydrogen) atoms. The molecule has 1 aliphatic heterocycles. The number of halogens is 3. The van der Waals surface area contributed by atoms with Crippen molar-refractivity contribution in [3.63, 3.8) is 0 Å². The first-order valence-corrected chi connectivity index (χ1v) is 16.6. The van der Waals surface area contributed by atoms with Gasteiger partial charge in [0, 0.05) is 56.5 Å². The predicted molar refractivity (Wildman–Crippen MR) is 176 cm³/mol. The number of rotatable bonds is 3. The van der Waals surface area contributed by atoms with Crippen LogP contribution in [0.5, 0.6) is 0 Å². The molecule has 0 unspecified atom stereocenters. The summed E-state index contributed by atoms with van der Waals surface area (Å²) in [6, 6.07) is 6.03. The van der Waals surface area contributed by atoms with E-state index in [1.807, 2.05) is 13.8 Å². The number of aromatic nitrogens is 5. The Labute approximate surface area is 284 Å². The number of hydrogen-bond acceptors (Lipinski definition) is 7. The standard InChI is InChI=1S/C33H40F3N9O5/c1-4-19(2)28-30(48)38-12-7-15-44-24-17-21(9-10-22(24)40-32(44)50)29(47)37-11-6-14-43(13-5-8-27(46)41-28)31(49)23-18-26-39-20(3)16-25(33(34,35)36)45(26)42-23/h9-10,16-19,28H,4-8,11-15H2,1-3H3,(H,37,47)(H,38,48)(H,40,50)(H,41,46)/t19-,28-/m0/s1. The minimum atomic E-state index is -4.74. The molecular weight excluding hydrogens is 659 g/mol. The third kappa shape index (κ3) is 8.14. The first-order chi connectivity index (χ1) is 23.8. The molecular formula is C33H40F3N9O5. The van der Waals surface area contributed by atoms with Crippen LogP contribution in [-0.4, -0.2) is 84.9 Å². The van der Waals surface area contributed by atoms with Crippen molar-refractivity contribution in [2.45, 2.75) is 71.6 Å². The molecule has 0 spiro atoms. The molecule has 0 saturated carbocycles. The van der Waals surface area contributed by atoms with Crippen molar-refractivity contribution in [1.82, 2.24) is 45.0 Å². The summed E-state index contributed by atoms with van der Waals surface area (Å²) < 4.78 is 43.4. The number of aromatic amines is 1. The monoisotopic (exact) mass is 699 g/mol. The zero-order valence-electron chi connectivity index (χ0n) is 28.0. The van der Waals surface area contributed by atoms with Gasteiger partial charge in [-0.2, -0.15) is 18.3 Å². The van der Waals surface area contributed by atoms with Crippen LogP contribution in [0.2, 0.25) is 0 Å². The van der Waals surface area contributed by atoms with E-state index in [2.05, 4.69) is 31.0 Å². The van der Waals surface area contributed by atoms with Gasteiger partial charge >= 0.3 is 11.9 Å². The highest BCUT2D eigenvalue weighted by Gasteiger charge is 2.35. The average Bonchev–Trinajstić information content (AvgIpc) is 3.64. The molecule has 3 aromatic heterocycles. The Morgan fingerprint density at radius 3 is 2.46 bits per heavy atom. The van der Waals surface area contributed by atoms with Gasteiger partial charge in [-0.3, -0.25) is 23.7 Å². The van der Waals surface area contributed by atoms with E-state index in [4.69, 9.17) is 0 Å². The van der Waals surface area contributed by atoms with Crippen LogP contribution in [0.3, 0.4) is 0 Å². The molecule has 0 aliphatic carbocycles. The molecule has 268 valence electrons. The summed E-state index contributed by atoms with van der Waals surface area (Å²) in [4.78, 5) is 73.8. The zero-order chi connectivity index (χ0) is 36.2. The Balaban J connectivity index is 1.40. The highest BCUT2D eigenvalue weighted by molar-refractivity contribution is 5.97. The van der Waals surface area contributed by atoms with E-state index in [-0.39, 0.29) is 86.5 Å². The van der Waals surface area contributed by atoms with E-state index in [1.54, 1.807) is 18.2 Å². The van der Waals surface area contributed by atoms with Crippen molar-refractivity contribution in [2.24, 2.45) is 5.92 Å². The molecule has 4 N–H and O–H groups in total. The molecule has 2 bridgehead atoms. The van der Waals surface area contributed by atoms with E-state index in [0.717, 1.165) is 6.07 Å². The second kappa shape index (κ2) is 15.1. The first-order valence-electron chi connectivity index (χ1n) is 16.6. The second-order valence-electron chi connectivity index (χ2n) is 12.5. The van der Waals surface area contributed by atoms with E-state index in [0.29, 0.717) is 34.0 Å². The fourth-order valence-corrected chi connectivity index (χ4v) is 5.91. The zero-order valence-corrected chi connectivity index (χ0v) is 28.0. The maximum Gasteiger partial charge on any atom is 0.433 e. The normalized spacial score (nSPS) is 18.4. The van der Waals surface area contributed by atoms with Crippen LogP contribution in [0.15, 0.2) is 35.1 Å². The molecule has 4 amide bonds. The van der Waals surface area contributed by atoms with Crippen molar-refractivity contribution in [2.75, 3.05) is 26.2 Å². The van der Waals surface area contributed by atoms with Gasteiger partial charge < -0.3 is 25.8 Å². The fraction of sp³-hybridized carbons (Fsp3) is 0.485. The number of alkyl halides is 3. The molecule has 0 saturated heterocycles. The van der Waals surface area contributed by atoms with Crippen molar-refractivity contribution >= 4 is 40.3 Å². The Morgan fingerprint density at radius 1 is 1.00 bits per heavy atom. The van der Waals surface area contributed by atoms with Gasteiger partial charge in [0.2, 0.25) is 11.8 Å². The Kier molecular flexibility index (Phi) is 10.9. The maximum atomic E-state index is 13.8. The van der Waals surface area contributed by atoms with Gasteiger partial charge in [-0.1, -0.05) is 20.3 Å². The minimum Gasteiger partial charge on any atom is -0.354 e. The van der Waals surface area contributed by atoms with Crippen LogP contribution < -0.4 is 21.6 Å². The van der Waals surface area contributed by atoms with Crippen LogP contribution in [0.4, 0.5) is 13.2 Å². The number of amides is 4. The van der Waals surface area contributed by atoms with Crippen molar-refractivity contribution in [3.05, 3.63) is 63.5 Å². The van der Waals surface area contributed by atoms with Crippen LogP contribution in [-0.2, 0) is 22.3 Å². The number of hydrogen-bond donors (Lipinski definition) is 4. The lowest BCUT2D eigenvalue weighted by Crippen LogP contribution is -2.50. The summed E-state index contributed by atoms with van der Waals surface area (Å²) >= 11 is 0. The van der Waals surface area contributed by atoms with Crippen LogP contribution >= 0.6 is 0 Å². The number of benzene rings is 1. The van der Waals surface area contributed by atoms with Crippen molar-refractivity contribution in [3.8, 4) is 0 Å². The first kappa shape index (κ1) is 36.1. The SMILES string of the molecule is CC[C@H](C)[C@@H]1NC(=O)CCCN(C(=O)c2cc3nc(C)cc(C(F)(F)F)n3n2)CCCNC(=O)c2ccc3[nH]c(=O)n(c3c2)CCCNC1=O. The average molecular weight is 700 g/mol. The fourth-order valence-electron chi connectivity index (χ4n) is 5.91. The van der Waals surface area contributed by atoms with Crippen LogP contribution in [0, 0.1) is 12.8 Å². The highest BCUT2D eigenvalue weighted by atomic mass is 19.4. The lowest BCUT2D eigenvalue weighted by Gasteiger charge is -2.24. The summed E-state index contributed by atoms with van der Waals surface area (Å²) in [7, 11) is 0. The van der Waals surface area contributed by atoms with Gasteiger partial charge in [-0.25, -0.2) is 14.3 Å². The van der Waals surface area contributed by atoms with Crippen LogP contribution in [0.25, 0.3) is 16.7 Å². The molecule has 4 heterocycles. The number of fused-ring (bicyclic) bond motifs is 2. The summed E-state index contributed by atoms with van der Waals surface area (Å²) in [5.41, 5.74) is -0.353. The molecule has 2 atom stereocenters. The quantitative estimate of drug-likeness (QED) is 0.254. The van der Waals surface area contributed by atoms with Gasteiger partial charge in [-0.05, 0) is 56.4 Å². The number of nitrogens with one attached hydrogen (secondary N) is 4. The van der Waals surface area contributed by atoms with E-state index >= 15 is 0 Å². The van der Waals surface area contributed by atoms with Crippen molar-refractivity contribution in [1.29, 1.82) is 0 Å². The van der Waals surface area contributed by atoms with Gasteiger partial charge in [-0.15, -0.1) is 0 Å². The number of carbonyl (C=O) groups is 4. The number of H-pyrrole nitrogens is 1. The highest BCUT2D eigenvalue weighted by Crippen LogP contribution is 2.30.